The molecular weight excluding hydrogens is 190 g/mol. The molecule has 0 fully saturated rings. The fraction of sp³-hybridized carbons (Fsp3) is 0.250. The van der Waals surface area contributed by atoms with Crippen molar-refractivity contribution in [1.82, 2.24) is 0 Å². The molecule has 0 radical (unpaired) electrons. The lowest BCUT2D eigenvalue weighted by Crippen LogP contribution is -2.37. The van der Waals surface area contributed by atoms with Crippen LogP contribution >= 0.6 is 0 Å². The van der Waals surface area contributed by atoms with Gasteiger partial charge in [0, 0.05) is 6.42 Å². The molecule has 0 aliphatic carbocycles. The summed E-state index contributed by atoms with van der Waals surface area (Å²) in [6.45, 7) is 4.07. The number of Topliss-reactive ketones (excluding diaryl/α,β-unsaturated/α-hetero) is 1. The molecule has 1 atom stereocenters. The third kappa shape index (κ3) is 2.01. The van der Waals surface area contributed by atoms with Crippen LogP contribution in [0, 0.1) is 0 Å². The zero-order valence-electron chi connectivity index (χ0n) is 8.40. The Balaban J connectivity index is 2.11. The standard InChI is InChI=1S/C12H13NO2/c1-2-5-10(14)12-8-13-9-6-3-4-7-11(9)15-12/h2-4,6-7,12-13H,1,5,8H2. The highest BCUT2D eigenvalue weighted by Crippen LogP contribution is 2.28. The number of ether oxygens (including phenoxy) is 1. The normalized spacial score (nSPS) is 18.3. The summed E-state index contributed by atoms with van der Waals surface area (Å²) >= 11 is 0. The van der Waals surface area contributed by atoms with Gasteiger partial charge in [-0.1, -0.05) is 18.2 Å². The summed E-state index contributed by atoms with van der Waals surface area (Å²) in [5.74, 6) is 0.804. The number of fused-ring (bicyclic) bond motifs is 1. The van der Waals surface area contributed by atoms with E-state index in [4.69, 9.17) is 4.74 Å². The van der Waals surface area contributed by atoms with E-state index in [-0.39, 0.29) is 5.78 Å². The molecule has 0 bridgehead atoms. The van der Waals surface area contributed by atoms with Crippen LogP contribution in [0.3, 0.4) is 0 Å². The van der Waals surface area contributed by atoms with Crippen LogP contribution in [0.15, 0.2) is 36.9 Å². The van der Waals surface area contributed by atoms with Crippen molar-refractivity contribution >= 4 is 11.5 Å². The van der Waals surface area contributed by atoms with E-state index in [1.54, 1.807) is 6.08 Å². The fourth-order valence-electron chi connectivity index (χ4n) is 1.57. The van der Waals surface area contributed by atoms with E-state index in [0.717, 1.165) is 11.4 Å². The number of ketones is 1. The molecule has 3 nitrogen and oxygen atoms in total. The molecule has 0 saturated heterocycles. The minimum atomic E-state index is -0.391. The number of allylic oxidation sites excluding steroid dienone is 1. The Kier molecular flexibility index (Phi) is 2.72. The lowest BCUT2D eigenvalue weighted by molar-refractivity contribution is -0.124. The van der Waals surface area contributed by atoms with Gasteiger partial charge in [0.2, 0.25) is 0 Å². The van der Waals surface area contributed by atoms with Gasteiger partial charge in [0.1, 0.15) is 5.75 Å². The Hall–Kier alpha value is -1.77. The van der Waals surface area contributed by atoms with Crippen LogP contribution < -0.4 is 10.1 Å². The van der Waals surface area contributed by atoms with Gasteiger partial charge in [0.25, 0.3) is 0 Å². The molecule has 3 heteroatoms. The molecule has 1 aromatic rings. The van der Waals surface area contributed by atoms with Gasteiger partial charge in [-0.05, 0) is 12.1 Å². The third-order valence-corrected chi connectivity index (χ3v) is 2.34. The lowest BCUT2D eigenvalue weighted by atomic mass is 10.1. The summed E-state index contributed by atoms with van der Waals surface area (Å²) in [6, 6.07) is 7.61. The minimum absolute atomic E-state index is 0.0620. The zero-order valence-corrected chi connectivity index (χ0v) is 8.40. The first-order valence-electron chi connectivity index (χ1n) is 4.94. The molecule has 0 spiro atoms. The molecule has 1 aliphatic heterocycles. The second kappa shape index (κ2) is 4.17. The van der Waals surface area contributed by atoms with E-state index in [1.165, 1.54) is 0 Å². The molecule has 15 heavy (non-hydrogen) atoms. The number of anilines is 1. The second-order valence-corrected chi connectivity index (χ2v) is 3.44. The van der Waals surface area contributed by atoms with Gasteiger partial charge in [-0.2, -0.15) is 0 Å². The molecule has 1 unspecified atom stereocenters. The van der Waals surface area contributed by atoms with Crippen molar-refractivity contribution in [2.24, 2.45) is 0 Å². The van der Waals surface area contributed by atoms with Crippen LogP contribution in [-0.2, 0) is 4.79 Å². The van der Waals surface area contributed by atoms with E-state index in [1.807, 2.05) is 24.3 Å². The van der Waals surface area contributed by atoms with Gasteiger partial charge in [-0.3, -0.25) is 4.79 Å². The Morgan fingerprint density at radius 2 is 2.40 bits per heavy atom. The van der Waals surface area contributed by atoms with Crippen LogP contribution in [0.5, 0.6) is 5.75 Å². The maximum absolute atomic E-state index is 11.6. The minimum Gasteiger partial charge on any atom is -0.479 e. The van der Waals surface area contributed by atoms with E-state index in [9.17, 15) is 4.79 Å². The molecule has 78 valence electrons. The van der Waals surface area contributed by atoms with Gasteiger partial charge in [-0.15, -0.1) is 6.58 Å². The van der Waals surface area contributed by atoms with Crippen molar-refractivity contribution in [2.75, 3.05) is 11.9 Å². The highest BCUT2D eigenvalue weighted by molar-refractivity contribution is 5.86. The van der Waals surface area contributed by atoms with Gasteiger partial charge < -0.3 is 10.1 Å². The van der Waals surface area contributed by atoms with Gasteiger partial charge in [-0.25, -0.2) is 0 Å². The van der Waals surface area contributed by atoms with Crippen molar-refractivity contribution in [3.8, 4) is 5.75 Å². The van der Waals surface area contributed by atoms with Crippen molar-refractivity contribution in [2.45, 2.75) is 12.5 Å². The first kappa shape index (κ1) is 9.77. The van der Waals surface area contributed by atoms with Crippen LogP contribution in [0.4, 0.5) is 5.69 Å². The first-order valence-corrected chi connectivity index (χ1v) is 4.94. The van der Waals surface area contributed by atoms with Crippen molar-refractivity contribution in [1.29, 1.82) is 0 Å². The van der Waals surface area contributed by atoms with Crippen molar-refractivity contribution < 1.29 is 9.53 Å². The number of carbonyl (C=O) groups excluding carboxylic acids is 1. The molecule has 0 saturated carbocycles. The van der Waals surface area contributed by atoms with E-state index >= 15 is 0 Å². The maximum atomic E-state index is 11.6. The predicted octanol–water partition coefficient (Wildman–Crippen LogP) is 2.00. The quantitative estimate of drug-likeness (QED) is 0.763. The number of benzene rings is 1. The summed E-state index contributed by atoms with van der Waals surface area (Å²) in [5.41, 5.74) is 0.945. The Morgan fingerprint density at radius 1 is 1.60 bits per heavy atom. The molecule has 1 aliphatic rings. The van der Waals surface area contributed by atoms with Gasteiger partial charge >= 0.3 is 0 Å². The molecule has 1 aromatic carbocycles. The molecule has 0 amide bonds. The van der Waals surface area contributed by atoms with Gasteiger partial charge in [0.15, 0.2) is 11.9 Å². The summed E-state index contributed by atoms with van der Waals surface area (Å²) in [7, 11) is 0. The summed E-state index contributed by atoms with van der Waals surface area (Å²) in [6.07, 6.45) is 1.57. The lowest BCUT2D eigenvalue weighted by Gasteiger charge is -2.25. The highest BCUT2D eigenvalue weighted by atomic mass is 16.5. The van der Waals surface area contributed by atoms with Crippen LogP contribution in [0.25, 0.3) is 0 Å². The Bertz CT molecular complexity index is 387. The Morgan fingerprint density at radius 3 is 3.20 bits per heavy atom. The largest absolute Gasteiger partial charge is 0.479 e. The molecule has 1 N–H and O–H groups in total. The van der Waals surface area contributed by atoms with Crippen molar-refractivity contribution in [3.63, 3.8) is 0 Å². The zero-order chi connectivity index (χ0) is 10.7. The number of carbonyl (C=O) groups is 1. The summed E-state index contributed by atoms with van der Waals surface area (Å²) in [5, 5.41) is 3.17. The topological polar surface area (TPSA) is 38.3 Å². The average Bonchev–Trinajstić information content (AvgIpc) is 2.29. The molecule has 2 rings (SSSR count). The summed E-state index contributed by atoms with van der Waals surface area (Å²) in [4.78, 5) is 11.6. The molecule has 0 aromatic heterocycles. The number of rotatable bonds is 3. The second-order valence-electron chi connectivity index (χ2n) is 3.44. The van der Waals surface area contributed by atoms with Crippen molar-refractivity contribution in [3.05, 3.63) is 36.9 Å². The van der Waals surface area contributed by atoms with Crippen LogP contribution in [0.1, 0.15) is 6.42 Å². The Labute approximate surface area is 88.8 Å². The molecule has 1 heterocycles. The SMILES string of the molecule is C=CCC(=O)C1CNc2ccccc2O1. The average molecular weight is 203 g/mol. The summed E-state index contributed by atoms with van der Waals surface area (Å²) < 4.78 is 5.59. The maximum Gasteiger partial charge on any atom is 0.178 e. The predicted molar refractivity (Wildman–Crippen MR) is 59.2 cm³/mol. The van der Waals surface area contributed by atoms with Crippen LogP contribution in [-0.4, -0.2) is 18.4 Å². The third-order valence-electron chi connectivity index (χ3n) is 2.34. The number of hydrogen-bond acceptors (Lipinski definition) is 3. The molecular formula is C12H13NO2. The van der Waals surface area contributed by atoms with E-state index in [2.05, 4.69) is 11.9 Å². The smallest absolute Gasteiger partial charge is 0.178 e. The van der Waals surface area contributed by atoms with E-state index in [0.29, 0.717) is 13.0 Å². The van der Waals surface area contributed by atoms with E-state index < -0.39 is 6.10 Å². The fourth-order valence-corrected chi connectivity index (χ4v) is 1.57. The van der Waals surface area contributed by atoms with Crippen LogP contribution in [0.2, 0.25) is 0 Å². The first-order chi connectivity index (χ1) is 7.31. The van der Waals surface area contributed by atoms with Gasteiger partial charge in [0.05, 0.1) is 12.2 Å². The number of para-hydroxylation sites is 2. The highest BCUT2D eigenvalue weighted by Gasteiger charge is 2.24. The number of hydrogen-bond donors (Lipinski definition) is 1. The monoisotopic (exact) mass is 203 g/mol. The number of nitrogens with one attached hydrogen (secondary N) is 1.